The highest BCUT2D eigenvalue weighted by molar-refractivity contribution is 6.06. The van der Waals surface area contributed by atoms with Gasteiger partial charge in [0.15, 0.2) is 0 Å². The van der Waals surface area contributed by atoms with Crippen LogP contribution in [0.5, 0.6) is 0 Å². The molecule has 28 heavy (non-hydrogen) atoms. The number of nitrogens with zero attached hydrogens (tertiary/aromatic N) is 1. The van der Waals surface area contributed by atoms with Gasteiger partial charge in [0.05, 0.1) is 5.56 Å². The second-order valence-corrected chi connectivity index (χ2v) is 6.53. The maximum atomic E-state index is 12.8. The zero-order valence-electron chi connectivity index (χ0n) is 15.6. The number of nitrogens with one attached hydrogen (secondary N) is 2. The Kier molecular flexibility index (Phi) is 7.17. The Morgan fingerprint density at radius 2 is 1.61 bits per heavy atom. The van der Waals surface area contributed by atoms with E-state index in [1.807, 2.05) is 19.0 Å². The summed E-state index contributed by atoms with van der Waals surface area (Å²) < 4.78 is 38.3. The van der Waals surface area contributed by atoms with Crippen molar-refractivity contribution in [2.45, 2.75) is 12.6 Å². The second kappa shape index (κ2) is 9.36. The standard InChI is InChI=1S/C20H22F3N3O2/c1-26(2)11-5-10-24-18(27)14-6-3-7-15(12-14)19(28)25-17-9-4-8-16(13-17)20(21,22)23/h3-4,6-9,12-13H,5,10-11H2,1-2H3,(H,24,27)(H,25,28). The van der Waals surface area contributed by atoms with E-state index in [2.05, 4.69) is 10.6 Å². The van der Waals surface area contributed by atoms with Gasteiger partial charge < -0.3 is 15.5 Å². The zero-order valence-corrected chi connectivity index (χ0v) is 15.6. The molecule has 0 bridgehead atoms. The van der Waals surface area contributed by atoms with Crippen molar-refractivity contribution in [3.63, 3.8) is 0 Å². The van der Waals surface area contributed by atoms with E-state index >= 15 is 0 Å². The van der Waals surface area contributed by atoms with Crippen LogP contribution in [0.2, 0.25) is 0 Å². The Labute approximate surface area is 161 Å². The van der Waals surface area contributed by atoms with E-state index in [9.17, 15) is 22.8 Å². The average molecular weight is 393 g/mol. The van der Waals surface area contributed by atoms with Crippen molar-refractivity contribution in [2.75, 3.05) is 32.5 Å². The third-order valence-electron chi connectivity index (χ3n) is 3.90. The summed E-state index contributed by atoms with van der Waals surface area (Å²) in [6, 6.07) is 10.4. The van der Waals surface area contributed by atoms with Crippen LogP contribution in [0.15, 0.2) is 48.5 Å². The molecule has 0 aliphatic heterocycles. The van der Waals surface area contributed by atoms with Crippen molar-refractivity contribution in [1.29, 1.82) is 0 Å². The molecule has 8 heteroatoms. The summed E-state index contributed by atoms with van der Waals surface area (Å²) in [6.45, 7) is 1.33. The highest BCUT2D eigenvalue weighted by Gasteiger charge is 2.30. The van der Waals surface area contributed by atoms with Gasteiger partial charge in [-0.25, -0.2) is 0 Å². The Balaban J connectivity index is 2.03. The Morgan fingerprint density at radius 1 is 0.964 bits per heavy atom. The number of rotatable bonds is 7. The smallest absolute Gasteiger partial charge is 0.352 e. The van der Waals surface area contributed by atoms with Crippen molar-refractivity contribution in [3.8, 4) is 0 Å². The molecule has 0 saturated heterocycles. The van der Waals surface area contributed by atoms with Gasteiger partial charge in [0.25, 0.3) is 11.8 Å². The van der Waals surface area contributed by atoms with Gasteiger partial charge in [-0.3, -0.25) is 9.59 Å². The normalized spacial score (nSPS) is 11.4. The van der Waals surface area contributed by atoms with Gasteiger partial charge in [-0.1, -0.05) is 12.1 Å². The number of carbonyl (C=O) groups excluding carboxylic acids is 2. The number of halogens is 3. The maximum absolute atomic E-state index is 12.8. The first-order valence-electron chi connectivity index (χ1n) is 8.68. The van der Waals surface area contributed by atoms with Crippen molar-refractivity contribution in [2.24, 2.45) is 0 Å². The molecule has 150 valence electrons. The number of amides is 2. The molecule has 2 amide bonds. The molecule has 0 fully saturated rings. The van der Waals surface area contributed by atoms with Crippen LogP contribution in [-0.4, -0.2) is 43.9 Å². The number of anilines is 1. The predicted molar refractivity (Wildman–Crippen MR) is 101 cm³/mol. The average Bonchev–Trinajstić information content (AvgIpc) is 2.64. The minimum atomic E-state index is -4.49. The minimum absolute atomic E-state index is 0.0263. The Hall–Kier alpha value is -2.87. The lowest BCUT2D eigenvalue weighted by Crippen LogP contribution is -2.27. The van der Waals surface area contributed by atoms with Gasteiger partial charge >= 0.3 is 6.18 Å². The van der Waals surface area contributed by atoms with Crippen LogP contribution in [0.25, 0.3) is 0 Å². The molecule has 2 rings (SSSR count). The van der Waals surface area contributed by atoms with E-state index in [1.54, 1.807) is 12.1 Å². The quantitative estimate of drug-likeness (QED) is 0.706. The largest absolute Gasteiger partial charge is 0.416 e. The molecular weight excluding hydrogens is 371 g/mol. The maximum Gasteiger partial charge on any atom is 0.416 e. The molecule has 0 aromatic heterocycles. The summed E-state index contributed by atoms with van der Waals surface area (Å²) in [5.41, 5.74) is -0.339. The van der Waals surface area contributed by atoms with Gasteiger partial charge in [0.1, 0.15) is 0 Å². The summed E-state index contributed by atoms with van der Waals surface area (Å²) >= 11 is 0. The van der Waals surface area contributed by atoms with Crippen LogP contribution < -0.4 is 10.6 Å². The second-order valence-electron chi connectivity index (χ2n) is 6.53. The number of alkyl halides is 3. The fourth-order valence-corrected chi connectivity index (χ4v) is 2.48. The van der Waals surface area contributed by atoms with Crippen LogP contribution in [0.1, 0.15) is 32.7 Å². The van der Waals surface area contributed by atoms with Crippen LogP contribution in [0, 0.1) is 0 Å². The van der Waals surface area contributed by atoms with E-state index in [-0.39, 0.29) is 17.2 Å². The highest BCUT2D eigenvalue weighted by atomic mass is 19.4. The first-order valence-corrected chi connectivity index (χ1v) is 8.68. The molecule has 0 spiro atoms. The van der Waals surface area contributed by atoms with Crippen LogP contribution in [0.4, 0.5) is 18.9 Å². The first-order chi connectivity index (χ1) is 13.2. The lowest BCUT2D eigenvalue weighted by atomic mass is 10.1. The van der Waals surface area contributed by atoms with Crippen LogP contribution in [0.3, 0.4) is 0 Å². The van der Waals surface area contributed by atoms with Crippen LogP contribution >= 0.6 is 0 Å². The summed E-state index contributed by atoms with van der Waals surface area (Å²) in [7, 11) is 3.88. The van der Waals surface area contributed by atoms with Gasteiger partial charge in [-0.15, -0.1) is 0 Å². The monoisotopic (exact) mass is 393 g/mol. The van der Waals surface area contributed by atoms with Gasteiger partial charge in [-0.2, -0.15) is 13.2 Å². The third kappa shape index (κ3) is 6.38. The summed E-state index contributed by atoms with van der Waals surface area (Å²) in [5, 5.41) is 5.20. The minimum Gasteiger partial charge on any atom is -0.352 e. The van der Waals surface area contributed by atoms with E-state index < -0.39 is 17.6 Å². The molecule has 0 aliphatic carbocycles. The van der Waals surface area contributed by atoms with Crippen molar-refractivity contribution >= 4 is 17.5 Å². The molecule has 0 heterocycles. The molecule has 2 N–H and O–H groups in total. The van der Waals surface area contributed by atoms with E-state index in [0.717, 1.165) is 25.1 Å². The van der Waals surface area contributed by atoms with Crippen molar-refractivity contribution < 1.29 is 22.8 Å². The Bertz CT molecular complexity index is 835. The lowest BCUT2D eigenvalue weighted by Gasteiger charge is -2.11. The molecule has 0 aliphatic rings. The fraction of sp³-hybridized carbons (Fsp3) is 0.300. The Morgan fingerprint density at radius 3 is 2.25 bits per heavy atom. The summed E-state index contributed by atoms with van der Waals surface area (Å²) in [6.07, 6.45) is -3.71. The lowest BCUT2D eigenvalue weighted by molar-refractivity contribution is -0.137. The number of hydrogen-bond acceptors (Lipinski definition) is 3. The van der Waals surface area contributed by atoms with Crippen molar-refractivity contribution in [1.82, 2.24) is 10.2 Å². The molecule has 2 aromatic carbocycles. The number of hydrogen-bond donors (Lipinski definition) is 2. The van der Waals surface area contributed by atoms with Crippen LogP contribution in [-0.2, 0) is 6.18 Å². The predicted octanol–water partition coefficient (Wildman–Crippen LogP) is 3.64. The topological polar surface area (TPSA) is 61.4 Å². The molecular formula is C20H22F3N3O2. The molecule has 0 radical (unpaired) electrons. The van der Waals surface area contributed by atoms with Gasteiger partial charge in [-0.05, 0) is 63.5 Å². The zero-order chi connectivity index (χ0) is 20.7. The van der Waals surface area contributed by atoms with E-state index in [1.165, 1.54) is 24.3 Å². The van der Waals surface area contributed by atoms with Crippen molar-refractivity contribution in [3.05, 3.63) is 65.2 Å². The molecule has 0 saturated carbocycles. The van der Waals surface area contributed by atoms with E-state index in [0.29, 0.717) is 12.1 Å². The first kappa shape index (κ1) is 21.4. The van der Waals surface area contributed by atoms with Gasteiger partial charge in [0.2, 0.25) is 0 Å². The fourth-order valence-electron chi connectivity index (χ4n) is 2.48. The third-order valence-corrected chi connectivity index (χ3v) is 3.90. The number of benzene rings is 2. The summed E-state index contributed by atoms with van der Waals surface area (Å²) in [4.78, 5) is 26.6. The van der Waals surface area contributed by atoms with Gasteiger partial charge in [0, 0.05) is 23.4 Å². The molecule has 5 nitrogen and oxygen atoms in total. The van der Waals surface area contributed by atoms with E-state index in [4.69, 9.17) is 0 Å². The highest BCUT2D eigenvalue weighted by Crippen LogP contribution is 2.30. The molecule has 0 atom stereocenters. The molecule has 0 unspecified atom stereocenters. The SMILES string of the molecule is CN(C)CCCNC(=O)c1cccc(C(=O)Nc2cccc(C(F)(F)F)c2)c1. The molecule has 2 aromatic rings. The number of carbonyl (C=O) groups is 2. The summed E-state index contributed by atoms with van der Waals surface area (Å²) in [5.74, 6) is -0.908.